The van der Waals surface area contributed by atoms with Crippen molar-refractivity contribution in [2.24, 2.45) is 0 Å². The molecule has 2 aliphatic rings. The van der Waals surface area contributed by atoms with Gasteiger partial charge in [0, 0.05) is 48.2 Å². The number of hydrogen-bond acceptors (Lipinski definition) is 3. The van der Waals surface area contributed by atoms with Crippen molar-refractivity contribution in [2.75, 3.05) is 26.2 Å². The van der Waals surface area contributed by atoms with Crippen LogP contribution in [0.3, 0.4) is 0 Å². The average Bonchev–Trinajstić information content (AvgIpc) is 2.68. The molecule has 1 spiro atoms. The Kier molecular flexibility index (Phi) is 4.93. The molecule has 1 aromatic carbocycles. The van der Waals surface area contributed by atoms with Crippen LogP contribution in [0, 0.1) is 0 Å². The lowest BCUT2D eigenvalue weighted by molar-refractivity contribution is -0.120. The van der Waals surface area contributed by atoms with Crippen LogP contribution in [0.5, 0.6) is 0 Å². The molecule has 1 aromatic rings. The summed E-state index contributed by atoms with van der Waals surface area (Å²) >= 11 is 12.5. The summed E-state index contributed by atoms with van der Waals surface area (Å²) in [4.78, 5) is 13.8. The average molecular weight is 343 g/mol. The minimum atomic E-state index is -0.201. The van der Waals surface area contributed by atoms with E-state index in [1.807, 2.05) is 18.2 Å². The van der Waals surface area contributed by atoms with Gasteiger partial charge in [0.1, 0.15) is 0 Å². The Balaban J connectivity index is 1.61. The first kappa shape index (κ1) is 16.1. The maximum Gasteiger partial charge on any atom is 0.222 e. The molecule has 0 bridgehead atoms. The molecule has 2 saturated heterocycles. The summed E-state index contributed by atoms with van der Waals surface area (Å²) in [7, 11) is 0. The number of carbonyl (C=O) groups is 1. The van der Waals surface area contributed by atoms with Crippen LogP contribution in [0.2, 0.25) is 10.0 Å². The molecular formula is C16H20Cl2N2O2. The van der Waals surface area contributed by atoms with E-state index in [0.717, 1.165) is 38.0 Å². The van der Waals surface area contributed by atoms with Crippen molar-refractivity contribution >= 4 is 29.1 Å². The topological polar surface area (TPSA) is 41.6 Å². The number of hydrogen-bond donors (Lipinski definition) is 1. The van der Waals surface area contributed by atoms with Crippen LogP contribution in [0.1, 0.15) is 24.8 Å². The van der Waals surface area contributed by atoms with E-state index in [-0.39, 0.29) is 11.5 Å². The second-order valence-corrected chi connectivity index (χ2v) is 6.85. The SMILES string of the molecule is O=C1CCOC2(CCN(Cc3c(Cl)cccc3Cl)CC2)CN1. The van der Waals surface area contributed by atoms with Crippen molar-refractivity contribution in [1.29, 1.82) is 0 Å². The number of benzene rings is 1. The molecule has 3 rings (SSSR count). The molecule has 0 aromatic heterocycles. The number of nitrogens with zero attached hydrogens (tertiary/aromatic N) is 1. The minimum Gasteiger partial charge on any atom is -0.373 e. The zero-order valence-electron chi connectivity index (χ0n) is 12.4. The number of nitrogens with one attached hydrogen (secondary N) is 1. The quantitative estimate of drug-likeness (QED) is 0.898. The van der Waals surface area contributed by atoms with Crippen molar-refractivity contribution in [3.05, 3.63) is 33.8 Å². The number of amides is 1. The van der Waals surface area contributed by atoms with E-state index in [2.05, 4.69) is 10.2 Å². The number of halogens is 2. The molecule has 22 heavy (non-hydrogen) atoms. The predicted octanol–water partition coefficient (Wildman–Crippen LogP) is 2.86. The number of ether oxygens (including phenoxy) is 1. The first-order chi connectivity index (χ1) is 10.6. The lowest BCUT2D eigenvalue weighted by Gasteiger charge is -2.41. The summed E-state index contributed by atoms with van der Waals surface area (Å²) in [6.45, 7) is 3.71. The van der Waals surface area contributed by atoms with Crippen molar-refractivity contribution in [1.82, 2.24) is 10.2 Å². The van der Waals surface area contributed by atoms with Crippen molar-refractivity contribution < 1.29 is 9.53 Å². The molecule has 6 heteroatoms. The molecule has 1 N–H and O–H groups in total. The maximum atomic E-state index is 11.5. The van der Waals surface area contributed by atoms with Gasteiger partial charge in [-0.3, -0.25) is 9.69 Å². The minimum absolute atomic E-state index is 0.0853. The largest absolute Gasteiger partial charge is 0.373 e. The van der Waals surface area contributed by atoms with Crippen LogP contribution in [0.4, 0.5) is 0 Å². The third-order valence-corrected chi connectivity index (χ3v) is 5.26. The van der Waals surface area contributed by atoms with Crippen LogP contribution in [-0.4, -0.2) is 42.6 Å². The first-order valence-corrected chi connectivity index (χ1v) is 8.39. The van der Waals surface area contributed by atoms with Gasteiger partial charge in [-0.2, -0.15) is 0 Å². The molecule has 0 atom stereocenters. The van der Waals surface area contributed by atoms with Gasteiger partial charge in [0.15, 0.2) is 0 Å². The van der Waals surface area contributed by atoms with E-state index >= 15 is 0 Å². The molecule has 120 valence electrons. The third kappa shape index (κ3) is 3.57. The van der Waals surface area contributed by atoms with Gasteiger partial charge in [-0.05, 0) is 25.0 Å². The molecule has 0 saturated carbocycles. The maximum absolute atomic E-state index is 11.5. The van der Waals surface area contributed by atoms with Gasteiger partial charge in [-0.25, -0.2) is 0 Å². The van der Waals surface area contributed by atoms with Crippen LogP contribution in [0.15, 0.2) is 18.2 Å². The Morgan fingerprint density at radius 3 is 2.59 bits per heavy atom. The number of rotatable bonds is 2. The second kappa shape index (κ2) is 6.75. The summed E-state index contributed by atoms with van der Waals surface area (Å²) in [5, 5.41) is 4.39. The Labute approximate surface area is 140 Å². The zero-order valence-corrected chi connectivity index (χ0v) is 13.9. The van der Waals surface area contributed by atoms with Gasteiger partial charge in [-0.1, -0.05) is 29.3 Å². The number of piperidine rings is 1. The highest BCUT2D eigenvalue weighted by Gasteiger charge is 2.37. The van der Waals surface area contributed by atoms with Gasteiger partial charge >= 0.3 is 0 Å². The van der Waals surface area contributed by atoms with E-state index in [1.165, 1.54) is 0 Å². The smallest absolute Gasteiger partial charge is 0.222 e. The Morgan fingerprint density at radius 1 is 1.23 bits per heavy atom. The first-order valence-electron chi connectivity index (χ1n) is 7.64. The number of carbonyl (C=O) groups excluding carboxylic acids is 1. The van der Waals surface area contributed by atoms with E-state index in [4.69, 9.17) is 27.9 Å². The zero-order chi connectivity index (χ0) is 15.6. The summed E-state index contributed by atoms with van der Waals surface area (Å²) < 4.78 is 5.99. The van der Waals surface area contributed by atoms with E-state index < -0.39 is 0 Å². The van der Waals surface area contributed by atoms with Crippen molar-refractivity contribution in [3.8, 4) is 0 Å². The van der Waals surface area contributed by atoms with Gasteiger partial charge in [0.25, 0.3) is 0 Å². The van der Waals surface area contributed by atoms with E-state index in [0.29, 0.717) is 29.6 Å². The fraction of sp³-hybridized carbons (Fsp3) is 0.562. The van der Waals surface area contributed by atoms with Crippen molar-refractivity contribution in [2.45, 2.75) is 31.4 Å². The monoisotopic (exact) mass is 342 g/mol. The van der Waals surface area contributed by atoms with Crippen molar-refractivity contribution in [3.63, 3.8) is 0 Å². The lowest BCUT2D eigenvalue weighted by Crippen LogP contribution is -2.50. The standard InChI is InChI=1S/C16H20Cl2N2O2/c17-13-2-1-3-14(18)12(13)10-20-7-5-16(6-8-20)11-19-15(21)4-9-22-16/h1-3H,4-11H2,(H,19,21). The summed E-state index contributed by atoms with van der Waals surface area (Å²) in [6.07, 6.45) is 2.28. The lowest BCUT2D eigenvalue weighted by atomic mass is 9.90. The second-order valence-electron chi connectivity index (χ2n) is 6.03. The molecule has 0 unspecified atom stereocenters. The molecule has 2 fully saturated rings. The predicted molar refractivity (Wildman–Crippen MR) is 87.3 cm³/mol. The summed E-state index contributed by atoms with van der Waals surface area (Å²) in [5.74, 6) is 0.0853. The molecule has 4 nitrogen and oxygen atoms in total. The van der Waals surface area contributed by atoms with Crippen LogP contribution < -0.4 is 5.32 Å². The molecular weight excluding hydrogens is 323 g/mol. The normalized spacial score (nSPS) is 22.4. The van der Waals surface area contributed by atoms with E-state index in [1.54, 1.807) is 0 Å². The molecule has 2 aliphatic heterocycles. The van der Waals surface area contributed by atoms with Crippen LogP contribution in [0.25, 0.3) is 0 Å². The Hall–Kier alpha value is -0.810. The molecule has 0 aliphatic carbocycles. The van der Waals surface area contributed by atoms with Crippen LogP contribution in [-0.2, 0) is 16.1 Å². The molecule has 1 amide bonds. The highest BCUT2D eigenvalue weighted by molar-refractivity contribution is 6.35. The van der Waals surface area contributed by atoms with Gasteiger partial charge in [0.2, 0.25) is 5.91 Å². The Morgan fingerprint density at radius 2 is 1.91 bits per heavy atom. The number of likely N-dealkylation sites (tertiary alicyclic amines) is 1. The molecule has 2 heterocycles. The highest BCUT2D eigenvalue weighted by Crippen LogP contribution is 2.31. The third-order valence-electron chi connectivity index (χ3n) is 4.56. The van der Waals surface area contributed by atoms with Gasteiger partial charge in [-0.15, -0.1) is 0 Å². The van der Waals surface area contributed by atoms with Gasteiger partial charge in [0.05, 0.1) is 12.2 Å². The fourth-order valence-corrected chi connectivity index (χ4v) is 3.62. The van der Waals surface area contributed by atoms with Crippen LogP contribution >= 0.6 is 23.2 Å². The summed E-state index contributed by atoms with van der Waals surface area (Å²) in [6, 6.07) is 5.61. The fourth-order valence-electron chi connectivity index (χ4n) is 3.11. The molecule has 0 radical (unpaired) electrons. The van der Waals surface area contributed by atoms with E-state index in [9.17, 15) is 4.79 Å². The summed E-state index contributed by atoms with van der Waals surface area (Å²) in [5.41, 5.74) is 0.782. The highest BCUT2D eigenvalue weighted by atomic mass is 35.5. The Bertz CT molecular complexity index is 537. The van der Waals surface area contributed by atoms with Gasteiger partial charge < -0.3 is 10.1 Å².